The molecule has 0 heterocycles. The number of hydrogen-bond donors (Lipinski definition) is 2. The van der Waals surface area contributed by atoms with E-state index in [9.17, 15) is 18.0 Å². The van der Waals surface area contributed by atoms with Crippen LogP contribution < -0.4 is 10.6 Å². The Hall–Kier alpha value is -2.19. The van der Waals surface area contributed by atoms with E-state index in [-0.39, 0.29) is 35.9 Å². The quantitative estimate of drug-likeness (QED) is 0.623. The molecule has 0 spiro atoms. The second-order valence-corrected chi connectivity index (χ2v) is 9.51. The van der Waals surface area contributed by atoms with Crippen molar-refractivity contribution in [1.29, 1.82) is 0 Å². The Bertz CT molecular complexity index is 957. The SMILES string of the molecule is Cc1ccc(S(=O)(=O)CCC(=O)NCCC(=O)Nc2cc(Br)ccc2C)cc1. The van der Waals surface area contributed by atoms with Gasteiger partial charge in [-0.25, -0.2) is 8.42 Å². The third kappa shape index (κ3) is 6.76. The fourth-order valence-electron chi connectivity index (χ4n) is 2.44. The highest BCUT2D eigenvalue weighted by atomic mass is 79.9. The molecule has 0 aromatic heterocycles. The minimum Gasteiger partial charge on any atom is -0.356 e. The zero-order chi connectivity index (χ0) is 20.7. The van der Waals surface area contributed by atoms with Gasteiger partial charge in [0.05, 0.1) is 10.6 Å². The lowest BCUT2D eigenvalue weighted by Crippen LogP contribution is -2.29. The Balaban J connectivity index is 1.75. The maximum absolute atomic E-state index is 12.2. The lowest BCUT2D eigenvalue weighted by Gasteiger charge is -2.10. The van der Waals surface area contributed by atoms with Crippen molar-refractivity contribution in [2.24, 2.45) is 0 Å². The Morgan fingerprint density at radius 1 is 0.964 bits per heavy atom. The van der Waals surface area contributed by atoms with Crippen molar-refractivity contribution in [1.82, 2.24) is 5.32 Å². The fraction of sp³-hybridized carbons (Fsp3) is 0.300. The molecular formula is C20H23BrN2O4S. The molecule has 0 fully saturated rings. The first kappa shape index (κ1) is 22.1. The summed E-state index contributed by atoms with van der Waals surface area (Å²) in [7, 11) is -3.51. The van der Waals surface area contributed by atoms with Gasteiger partial charge in [0.1, 0.15) is 0 Å². The molecule has 0 bridgehead atoms. The molecule has 0 aliphatic heterocycles. The van der Waals surface area contributed by atoms with E-state index in [1.54, 1.807) is 12.1 Å². The molecule has 0 saturated carbocycles. The number of sulfone groups is 1. The van der Waals surface area contributed by atoms with Crippen LogP contribution in [0, 0.1) is 13.8 Å². The summed E-state index contributed by atoms with van der Waals surface area (Å²) >= 11 is 3.35. The van der Waals surface area contributed by atoms with E-state index < -0.39 is 15.7 Å². The van der Waals surface area contributed by atoms with Crippen LogP contribution in [0.4, 0.5) is 5.69 Å². The Morgan fingerprint density at radius 2 is 1.64 bits per heavy atom. The third-order valence-corrected chi connectivity index (χ3v) is 6.35. The molecule has 2 aromatic rings. The topological polar surface area (TPSA) is 92.3 Å². The van der Waals surface area contributed by atoms with Crippen molar-refractivity contribution in [2.45, 2.75) is 31.6 Å². The zero-order valence-electron chi connectivity index (χ0n) is 15.8. The highest BCUT2D eigenvalue weighted by molar-refractivity contribution is 9.10. The van der Waals surface area contributed by atoms with Crippen molar-refractivity contribution in [3.63, 3.8) is 0 Å². The number of benzene rings is 2. The van der Waals surface area contributed by atoms with Crippen molar-refractivity contribution in [2.75, 3.05) is 17.6 Å². The van der Waals surface area contributed by atoms with Crippen LogP contribution in [0.3, 0.4) is 0 Å². The minimum atomic E-state index is -3.51. The summed E-state index contributed by atoms with van der Waals surface area (Å²) in [5.74, 6) is -0.901. The Morgan fingerprint density at radius 3 is 2.32 bits per heavy atom. The van der Waals surface area contributed by atoms with Gasteiger partial charge in [0, 0.05) is 29.5 Å². The molecule has 2 N–H and O–H groups in total. The summed E-state index contributed by atoms with van der Waals surface area (Å²) in [4.78, 5) is 24.1. The lowest BCUT2D eigenvalue weighted by molar-refractivity contribution is -0.120. The number of hydrogen-bond acceptors (Lipinski definition) is 4. The highest BCUT2D eigenvalue weighted by Crippen LogP contribution is 2.20. The molecule has 0 aliphatic rings. The first-order valence-electron chi connectivity index (χ1n) is 8.79. The van der Waals surface area contributed by atoms with E-state index in [0.29, 0.717) is 5.69 Å². The van der Waals surface area contributed by atoms with Crippen LogP contribution in [0.1, 0.15) is 24.0 Å². The summed E-state index contributed by atoms with van der Waals surface area (Å²) in [6.07, 6.45) is -0.0506. The largest absolute Gasteiger partial charge is 0.356 e. The molecule has 8 heteroatoms. The molecule has 0 radical (unpaired) electrons. The molecule has 150 valence electrons. The predicted octanol–water partition coefficient (Wildman–Crippen LogP) is 3.37. The molecule has 2 amide bonds. The lowest BCUT2D eigenvalue weighted by atomic mass is 10.2. The van der Waals surface area contributed by atoms with E-state index in [4.69, 9.17) is 0 Å². The van der Waals surface area contributed by atoms with Gasteiger partial charge in [-0.05, 0) is 43.7 Å². The monoisotopic (exact) mass is 466 g/mol. The Labute approximate surface area is 173 Å². The molecule has 0 aliphatic carbocycles. The molecular weight excluding hydrogens is 444 g/mol. The van der Waals surface area contributed by atoms with Crippen molar-refractivity contribution in [3.05, 3.63) is 58.1 Å². The summed E-state index contributed by atoms with van der Waals surface area (Å²) in [5.41, 5.74) is 2.60. The van der Waals surface area contributed by atoms with Gasteiger partial charge in [-0.2, -0.15) is 0 Å². The van der Waals surface area contributed by atoms with E-state index in [1.807, 2.05) is 32.0 Å². The number of carbonyl (C=O) groups is 2. The second-order valence-electron chi connectivity index (χ2n) is 6.49. The van der Waals surface area contributed by atoms with Crippen LogP contribution in [-0.2, 0) is 19.4 Å². The predicted molar refractivity (Wildman–Crippen MR) is 113 cm³/mol. The molecule has 0 saturated heterocycles. The summed E-state index contributed by atoms with van der Waals surface area (Å²) in [6, 6.07) is 12.1. The van der Waals surface area contributed by atoms with E-state index in [1.165, 1.54) is 12.1 Å². The minimum absolute atomic E-state index is 0.0996. The molecule has 2 rings (SSSR count). The average Bonchev–Trinajstić information content (AvgIpc) is 2.63. The smallest absolute Gasteiger partial charge is 0.226 e. The first-order valence-corrected chi connectivity index (χ1v) is 11.2. The molecule has 2 aromatic carbocycles. The van der Waals surface area contributed by atoms with Gasteiger partial charge >= 0.3 is 0 Å². The summed E-state index contributed by atoms with van der Waals surface area (Å²) in [5, 5.41) is 5.38. The van der Waals surface area contributed by atoms with Crippen molar-refractivity contribution >= 4 is 43.3 Å². The van der Waals surface area contributed by atoms with Gasteiger partial charge < -0.3 is 10.6 Å². The van der Waals surface area contributed by atoms with E-state index in [2.05, 4.69) is 26.6 Å². The third-order valence-electron chi connectivity index (χ3n) is 4.13. The van der Waals surface area contributed by atoms with Crippen LogP contribution in [0.25, 0.3) is 0 Å². The molecule has 28 heavy (non-hydrogen) atoms. The van der Waals surface area contributed by atoms with Crippen LogP contribution in [0.5, 0.6) is 0 Å². The number of anilines is 1. The van der Waals surface area contributed by atoms with E-state index >= 15 is 0 Å². The van der Waals surface area contributed by atoms with Gasteiger partial charge in [0.25, 0.3) is 0 Å². The van der Waals surface area contributed by atoms with Gasteiger partial charge in [0.2, 0.25) is 11.8 Å². The van der Waals surface area contributed by atoms with Crippen LogP contribution in [0.2, 0.25) is 0 Å². The molecule has 0 unspecified atom stereocenters. The van der Waals surface area contributed by atoms with Crippen LogP contribution in [0.15, 0.2) is 51.8 Å². The fourth-order valence-corrected chi connectivity index (χ4v) is 4.04. The molecule has 0 atom stereocenters. The van der Waals surface area contributed by atoms with Crippen LogP contribution in [-0.4, -0.2) is 32.5 Å². The zero-order valence-corrected chi connectivity index (χ0v) is 18.2. The van der Waals surface area contributed by atoms with Crippen molar-refractivity contribution < 1.29 is 18.0 Å². The number of aryl methyl sites for hydroxylation is 2. The standard InChI is InChI=1S/C20H23BrN2O4S/c1-14-3-7-17(8-4-14)28(26,27)12-10-19(24)22-11-9-20(25)23-18-13-16(21)6-5-15(18)2/h3-8,13H,9-12H2,1-2H3,(H,22,24)(H,23,25). The average molecular weight is 467 g/mol. The maximum Gasteiger partial charge on any atom is 0.226 e. The summed E-state index contributed by atoms with van der Waals surface area (Å²) in [6.45, 7) is 3.90. The van der Waals surface area contributed by atoms with Gasteiger partial charge in [-0.15, -0.1) is 0 Å². The Kier molecular flexibility index (Phi) is 7.77. The number of halogens is 1. The van der Waals surface area contributed by atoms with Crippen molar-refractivity contribution in [3.8, 4) is 0 Å². The van der Waals surface area contributed by atoms with Gasteiger partial charge in [-0.3, -0.25) is 9.59 Å². The number of carbonyl (C=O) groups excluding carboxylic acids is 2. The van der Waals surface area contributed by atoms with Gasteiger partial charge in [-0.1, -0.05) is 39.7 Å². The maximum atomic E-state index is 12.2. The van der Waals surface area contributed by atoms with Gasteiger partial charge in [0.15, 0.2) is 9.84 Å². The highest BCUT2D eigenvalue weighted by Gasteiger charge is 2.16. The number of amides is 2. The number of rotatable bonds is 8. The summed E-state index contributed by atoms with van der Waals surface area (Å²) < 4.78 is 25.3. The second kappa shape index (κ2) is 9.84. The first-order chi connectivity index (χ1) is 13.2. The van der Waals surface area contributed by atoms with Crippen LogP contribution >= 0.6 is 15.9 Å². The number of nitrogens with one attached hydrogen (secondary N) is 2. The van der Waals surface area contributed by atoms with E-state index in [0.717, 1.165) is 15.6 Å². The normalized spacial score (nSPS) is 11.1. The molecule has 6 nitrogen and oxygen atoms in total.